The van der Waals surface area contributed by atoms with Crippen molar-refractivity contribution in [3.63, 3.8) is 0 Å². The molecule has 10 heteroatoms. The number of ether oxygens (including phenoxy) is 5. The summed E-state index contributed by atoms with van der Waals surface area (Å²) >= 11 is 0. The number of carbonyl (C=O) groups is 1. The van der Waals surface area contributed by atoms with Gasteiger partial charge in [-0.2, -0.15) is 0 Å². The highest BCUT2D eigenvalue weighted by Crippen LogP contribution is 2.45. The molecule has 1 saturated heterocycles. The number of benzene rings is 2. The molecular weight excluding hydrogens is 488 g/mol. The number of urea groups is 1. The normalized spacial score (nSPS) is 16.8. The Labute approximate surface area is 221 Å². The summed E-state index contributed by atoms with van der Waals surface area (Å²) in [5, 5.41) is 3.60. The van der Waals surface area contributed by atoms with E-state index in [2.05, 4.69) is 15.2 Å². The van der Waals surface area contributed by atoms with E-state index in [9.17, 15) is 4.79 Å². The van der Waals surface area contributed by atoms with E-state index in [1.165, 1.54) is 0 Å². The fourth-order valence-electron chi connectivity index (χ4n) is 5.20. The molecule has 200 valence electrons. The van der Waals surface area contributed by atoms with Crippen LogP contribution in [0.3, 0.4) is 0 Å². The molecule has 0 spiro atoms. The average molecular weight is 521 g/mol. The van der Waals surface area contributed by atoms with E-state index in [4.69, 9.17) is 23.7 Å². The number of carbonyl (C=O) groups excluding carboxylic acids is 1. The van der Waals surface area contributed by atoms with E-state index < -0.39 is 0 Å². The van der Waals surface area contributed by atoms with Crippen molar-refractivity contribution in [1.82, 2.24) is 15.2 Å². The monoisotopic (exact) mass is 520 g/mol. The predicted molar refractivity (Wildman–Crippen MR) is 142 cm³/mol. The van der Waals surface area contributed by atoms with Crippen molar-refractivity contribution in [1.29, 1.82) is 0 Å². The van der Waals surface area contributed by atoms with Crippen LogP contribution >= 0.6 is 0 Å². The fourth-order valence-corrected chi connectivity index (χ4v) is 5.20. The molecule has 1 fully saturated rings. The van der Waals surface area contributed by atoms with Crippen LogP contribution in [0.15, 0.2) is 36.5 Å². The van der Waals surface area contributed by atoms with Crippen LogP contribution in [0.4, 0.5) is 10.5 Å². The lowest BCUT2D eigenvalue weighted by atomic mass is 10.0. The third-order valence-corrected chi connectivity index (χ3v) is 7.07. The number of pyridine rings is 1. The number of nitrogens with one attached hydrogen (secondary N) is 1. The van der Waals surface area contributed by atoms with Gasteiger partial charge in [0.2, 0.25) is 0 Å². The summed E-state index contributed by atoms with van der Waals surface area (Å²) in [5.74, 6) is 3.42. The first kappa shape index (κ1) is 24.6. The van der Waals surface area contributed by atoms with E-state index >= 15 is 0 Å². The molecule has 38 heavy (non-hydrogen) atoms. The van der Waals surface area contributed by atoms with Gasteiger partial charge in [-0.15, -0.1) is 0 Å². The van der Waals surface area contributed by atoms with Crippen molar-refractivity contribution in [3.05, 3.63) is 42.1 Å². The van der Waals surface area contributed by atoms with Crippen LogP contribution in [0.5, 0.6) is 28.7 Å². The zero-order chi connectivity index (χ0) is 25.9. The lowest BCUT2D eigenvalue weighted by Crippen LogP contribution is -2.42. The predicted octanol–water partition coefficient (Wildman–Crippen LogP) is 3.60. The summed E-state index contributed by atoms with van der Waals surface area (Å²) in [7, 11) is 1.62. The minimum absolute atomic E-state index is 0.168. The van der Waals surface area contributed by atoms with Gasteiger partial charge in [0, 0.05) is 57.0 Å². The first-order valence-electron chi connectivity index (χ1n) is 13.2. The number of hydrogen-bond donors (Lipinski definition) is 1. The van der Waals surface area contributed by atoms with Crippen molar-refractivity contribution in [2.24, 2.45) is 0 Å². The van der Waals surface area contributed by atoms with Gasteiger partial charge in [-0.25, -0.2) is 4.79 Å². The zero-order valence-corrected chi connectivity index (χ0v) is 21.5. The van der Waals surface area contributed by atoms with E-state index in [1.54, 1.807) is 18.1 Å². The molecule has 0 unspecified atom stereocenters. The maximum atomic E-state index is 12.2. The summed E-state index contributed by atoms with van der Waals surface area (Å²) in [6, 6.07) is 9.15. The quantitative estimate of drug-likeness (QED) is 0.473. The molecule has 1 aromatic heterocycles. The zero-order valence-electron chi connectivity index (χ0n) is 21.5. The van der Waals surface area contributed by atoms with Crippen molar-refractivity contribution < 1.29 is 28.5 Å². The first-order chi connectivity index (χ1) is 18.7. The van der Waals surface area contributed by atoms with Gasteiger partial charge < -0.3 is 29.0 Å². The molecule has 3 aromatic rings. The number of morpholine rings is 1. The molecule has 3 aliphatic heterocycles. The standard InChI is InChI=1S/C28H32N4O6/c1-29-28(33)32-11-16-36-24-17-19(3-4-22(24)32)38-23-5-7-30-21-18-25(27-20(26(21)23)6-13-37-27)35-12-2-8-31-9-14-34-15-10-31/h3-5,7,17-18H,2,6,8-16H2,1H3,(H,29,33). The highest BCUT2D eigenvalue weighted by molar-refractivity contribution is 5.94. The third-order valence-electron chi connectivity index (χ3n) is 7.07. The smallest absolute Gasteiger partial charge is 0.321 e. The number of fused-ring (bicyclic) bond motifs is 4. The Kier molecular flexibility index (Phi) is 7.06. The molecule has 10 nitrogen and oxygen atoms in total. The second-order valence-corrected chi connectivity index (χ2v) is 9.43. The number of hydrogen-bond acceptors (Lipinski definition) is 8. The Morgan fingerprint density at radius 1 is 1.05 bits per heavy atom. The molecular formula is C28H32N4O6. The molecule has 0 saturated carbocycles. The van der Waals surface area contributed by atoms with Crippen LogP contribution in [0, 0.1) is 0 Å². The molecule has 0 radical (unpaired) electrons. The van der Waals surface area contributed by atoms with Crippen LogP contribution in [0.1, 0.15) is 12.0 Å². The topological polar surface area (TPSA) is 94.6 Å². The van der Waals surface area contributed by atoms with E-state index in [0.717, 1.165) is 73.7 Å². The van der Waals surface area contributed by atoms with Crippen LogP contribution in [-0.4, -0.2) is 82.2 Å². The Hall–Kier alpha value is -3.76. The van der Waals surface area contributed by atoms with Gasteiger partial charge in [-0.3, -0.25) is 14.8 Å². The summed E-state index contributed by atoms with van der Waals surface area (Å²) in [5.41, 5.74) is 2.57. The molecule has 0 bridgehead atoms. The Morgan fingerprint density at radius 2 is 1.95 bits per heavy atom. The van der Waals surface area contributed by atoms with E-state index in [-0.39, 0.29) is 6.03 Å². The Balaban J connectivity index is 1.22. The summed E-state index contributed by atoms with van der Waals surface area (Å²) in [4.78, 5) is 20.9. The second-order valence-electron chi connectivity index (χ2n) is 9.43. The van der Waals surface area contributed by atoms with Crippen molar-refractivity contribution in [3.8, 4) is 28.7 Å². The van der Waals surface area contributed by atoms with Crippen LogP contribution in [-0.2, 0) is 11.2 Å². The van der Waals surface area contributed by atoms with E-state index in [0.29, 0.717) is 49.3 Å². The minimum atomic E-state index is -0.168. The highest BCUT2D eigenvalue weighted by atomic mass is 16.5. The molecule has 0 atom stereocenters. The van der Waals surface area contributed by atoms with Gasteiger partial charge in [0.15, 0.2) is 11.5 Å². The fraction of sp³-hybridized carbons (Fsp3) is 0.429. The molecule has 4 heterocycles. The summed E-state index contributed by atoms with van der Waals surface area (Å²) < 4.78 is 29.8. The third kappa shape index (κ3) is 4.89. The maximum absolute atomic E-state index is 12.2. The Morgan fingerprint density at radius 3 is 2.82 bits per heavy atom. The summed E-state index contributed by atoms with van der Waals surface area (Å²) in [6.07, 6.45) is 3.43. The van der Waals surface area contributed by atoms with Crippen LogP contribution < -0.4 is 29.2 Å². The van der Waals surface area contributed by atoms with Gasteiger partial charge in [0.1, 0.15) is 23.9 Å². The number of nitrogens with zero attached hydrogens (tertiary/aromatic N) is 3. The second kappa shape index (κ2) is 10.9. The number of aromatic nitrogens is 1. The Bertz CT molecular complexity index is 1330. The molecule has 1 N–H and O–H groups in total. The molecule has 0 aliphatic carbocycles. The van der Waals surface area contributed by atoms with Gasteiger partial charge in [-0.1, -0.05) is 0 Å². The molecule has 2 amide bonds. The largest absolute Gasteiger partial charge is 0.490 e. The van der Waals surface area contributed by atoms with Gasteiger partial charge >= 0.3 is 6.03 Å². The molecule has 3 aliphatic rings. The van der Waals surface area contributed by atoms with Gasteiger partial charge in [0.25, 0.3) is 0 Å². The summed E-state index contributed by atoms with van der Waals surface area (Å²) in [6.45, 7) is 6.65. The lowest BCUT2D eigenvalue weighted by molar-refractivity contribution is 0.0357. The van der Waals surface area contributed by atoms with E-state index in [1.807, 2.05) is 30.3 Å². The van der Waals surface area contributed by atoms with Crippen LogP contribution in [0.2, 0.25) is 0 Å². The number of rotatable bonds is 7. The first-order valence-corrected chi connectivity index (χ1v) is 13.2. The van der Waals surface area contributed by atoms with Crippen molar-refractivity contribution in [2.75, 3.05) is 71.2 Å². The van der Waals surface area contributed by atoms with Crippen molar-refractivity contribution >= 4 is 22.6 Å². The maximum Gasteiger partial charge on any atom is 0.321 e. The van der Waals surface area contributed by atoms with Crippen molar-refractivity contribution in [2.45, 2.75) is 12.8 Å². The molecule has 6 rings (SSSR count). The lowest BCUT2D eigenvalue weighted by Gasteiger charge is -2.29. The van der Waals surface area contributed by atoms with Gasteiger partial charge in [0.05, 0.1) is 49.6 Å². The highest BCUT2D eigenvalue weighted by Gasteiger charge is 2.26. The van der Waals surface area contributed by atoms with Gasteiger partial charge in [-0.05, 0) is 24.6 Å². The molecule has 2 aromatic carbocycles. The average Bonchev–Trinajstić information content (AvgIpc) is 3.45. The number of amides is 2. The number of anilines is 1. The van der Waals surface area contributed by atoms with Crippen LogP contribution in [0.25, 0.3) is 10.9 Å². The minimum Gasteiger partial charge on any atom is -0.490 e. The SMILES string of the molecule is CNC(=O)N1CCOc2cc(Oc3ccnc4cc(OCCCN5CCOCC5)c5c(c34)CCO5)ccc21.